The van der Waals surface area contributed by atoms with Crippen LogP contribution in [-0.2, 0) is 0 Å². The highest BCUT2D eigenvalue weighted by molar-refractivity contribution is 4.47. The zero-order chi connectivity index (χ0) is 12.7. The van der Waals surface area contributed by atoms with Gasteiger partial charge in [0.1, 0.15) is 0 Å². The second kappa shape index (κ2) is 15.0. The normalized spacial score (nSPS) is 8.13. The van der Waals surface area contributed by atoms with Crippen LogP contribution in [0.2, 0.25) is 0 Å². The number of nitriles is 2. The molecule has 0 aromatic carbocycles. The van der Waals surface area contributed by atoms with Crippen molar-refractivity contribution in [2.45, 2.75) is 27.7 Å². The molecule has 0 saturated carbocycles. The molecule has 0 aliphatic heterocycles. The third-order valence-corrected chi connectivity index (χ3v) is 2.68. The molecule has 0 fully saturated rings. The van der Waals surface area contributed by atoms with Crippen molar-refractivity contribution < 1.29 is 4.48 Å². The fourth-order valence-electron chi connectivity index (χ4n) is 1.34. The van der Waals surface area contributed by atoms with Gasteiger partial charge in [0, 0.05) is 0 Å². The first kappa shape index (κ1) is 19.2. The fourth-order valence-corrected chi connectivity index (χ4v) is 1.34. The van der Waals surface area contributed by atoms with E-state index in [2.05, 4.69) is 39.2 Å². The highest BCUT2D eigenvalue weighted by atomic mass is 15.3. The van der Waals surface area contributed by atoms with Crippen molar-refractivity contribution in [3.05, 3.63) is 0 Å². The van der Waals surface area contributed by atoms with Crippen molar-refractivity contribution in [3.63, 3.8) is 0 Å². The van der Waals surface area contributed by atoms with E-state index in [0.717, 1.165) is 0 Å². The maximum atomic E-state index is 7.10. The summed E-state index contributed by atoms with van der Waals surface area (Å²) in [6.45, 7) is 14.2. The summed E-state index contributed by atoms with van der Waals surface area (Å²) in [5.41, 5.74) is 8.31. The lowest BCUT2D eigenvalue weighted by Gasteiger charge is -2.34. The van der Waals surface area contributed by atoms with Crippen molar-refractivity contribution in [2.75, 3.05) is 26.2 Å². The second-order valence-corrected chi connectivity index (χ2v) is 2.86. The summed E-state index contributed by atoms with van der Waals surface area (Å²) < 4.78 is 1.28. The van der Waals surface area contributed by atoms with E-state index in [0.29, 0.717) is 0 Å². The number of rotatable bonds is 4. The van der Waals surface area contributed by atoms with Crippen LogP contribution in [0.4, 0.5) is 0 Å². The lowest BCUT2D eigenvalue weighted by molar-refractivity contribution is -0.921. The van der Waals surface area contributed by atoms with Crippen molar-refractivity contribution in [3.8, 4) is 12.4 Å². The summed E-state index contributed by atoms with van der Waals surface area (Å²) in [4.78, 5) is 0. The monoisotopic (exact) mass is 214 g/mol. The lowest BCUT2D eigenvalue weighted by atomic mass is 10.3. The van der Waals surface area contributed by atoms with Gasteiger partial charge >= 0.3 is 0 Å². The summed E-state index contributed by atoms with van der Waals surface area (Å²) in [5, 5.41) is 14.2. The average Bonchev–Trinajstić information content (AvgIpc) is 2.24. The molecule has 15 heavy (non-hydrogen) atoms. The smallest absolute Gasteiger partial charge is 0.173 e. The molecule has 5 nitrogen and oxygen atoms in total. The van der Waals surface area contributed by atoms with Crippen LogP contribution in [0.3, 0.4) is 0 Å². The third kappa shape index (κ3) is 12.5. The Hall–Kier alpha value is -1.46. The van der Waals surface area contributed by atoms with Crippen molar-refractivity contribution >= 4 is 0 Å². The Morgan fingerprint density at radius 2 is 0.933 bits per heavy atom. The zero-order valence-corrected chi connectivity index (χ0v) is 10.3. The first-order valence-electron chi connectivity index (χ1n) is 5.12. The Bertz CT molecular complexity index is 155. The van der Waals surface area contributed by atoms with Crippen molar-refractivity contribution in [1.29, 1.82) is 10.5 Å². The molecule has 4 N–H and O–H groups in total. The minimum Gasteiger partial charge on any atom is -0.337 e. The third-order valence-electron chi connectivity index (χ3n) is 2.68. The SMILES string of the molecule is CC[N+](CC)(CC)CC.N#CN.N#CN. The molecule has 0 aromatic heterocycles. The highest BCUT2D eigenvalue weighted by Gasteiger charge is 2.16. The van der Waals surface area contributed by atoms with E-state index in [-0.39, 0.29) is 0 Å². The Labute approximate surface area is 93.5 Å². The Morgan fingerprint density at radius 1 is 0.800 bits per heavy atom. The largest absolute Gasteiger partial charge is 0.337 e. The van der Waals surface area contributed by atoms with Gasteiger partial charge in [-0.15, -0.1) is 0 Å². The molecule has 88 valence electrons. The molecule has 0 aliphatic rings. The first-order chi connectivity index (χ1) is 7.07. The topological polar surface area (TPSA) is 99.6 Å². The number of nitrogens with zero attached hydrogens (tertiary/aromatic N) is 3. The van der Waals surface area contributed by atoms with Crippen LogP contribution in [0.1, 0.15) is 27.7 Å². The summed E-state index contributed by atoms with van der Waals surface area (Å²) in [6.07, 6.45) is 2.50. The summed E-state index contributed by atoms with van der Waals surface area (Å²) in [7, 11) is 0. The Kier molecular flexibility index (Phi) is 19.2. The molecule has 0 amide bonds. The van der Waals surface area contributed by atoms with Crippen LogP contribution < -0.4 is 11.5 Å². The zero-order valence-electron chi connectivity index (χ0n) is 10.3. The van der Waals surface area contributed by atoms with Crippen LogP contribution in [0.15, 0.2) is 0 Å². The van der Waals surface area contributed by atoms with E-state index in [1.165, 1.54) is 43.0 Å². The van der Waals surface area contributed by atoms with E-state index in [4.69, 9.17) is 10.5 Å². The molecule has 5 heteroatoms. The predicted octanol–water partition coefficient (Wildman–Crippen LogP) is 0.735. The molecule has 0 aliphatic carbocycles. The van der Waals surface area contributed by atoms with Gasteiger partial charge in [0.2, 0.25) is 0 Å². The van der Waals surface area contributed by atoms with Gasteiger partial charge in [-0.3, -0.25) is 0 Å². The minimum atomic E-state index is 1.25. The standard InChI is InChI=1S/C8H20N.2CH2N2/c1-5-9(6-2,7-3)8-4;2*2-1-3/h5-8H2,1-4H3;2*2H2/q+1;;. The van der Waals surface area contributed by atoms with Gasteiger partial charge in [0.05, 0.1) is 26.2 Å². The molecule has 0 bridgehead atoms. The van der Waals surface area contributed by atoms with E-state index < -0.39 is 0 Å². The maximum absolute atomic E-state index is 7.10. The molecule has 0 spiro atoms. The lowest BCUT2D eigenvalue weighted by Crippen LogP contribution is -2.47. The van der Waals surface area contributed by atoms with Gasteiger partial charge in [-0.05, 0) is 27.7 Å². The number of hydrogen-bond acceptors (Lipinski definition) is 4. The molecule has 0 rings (SSSR count). The van der Waals surface area contributed by atoms with Crippen LogP contribution in [0, 0.1) is 22.9 Å². The fraction of sp³-hybridized carbons (Fsp3) is 0.800. The van der Waals surface area contributed by atoms with Crippen LogP contribution >= 0.6 is 0 Å². The van der Waals surface area contributed by atoms with Crippen molar-refractivity contribution in [1.82, 2.24) is 0 Å². The van der Waals surface area contributed by atoms with E-state index in [1.807, 2.05) is 0 Å². The molecule has 0 aromatic rings. The van der Waals surface area contributed by atoms with E-state index in [1.54, 1.807) is 0 Å². The molecule has 0 heterocycles. The van der Waals surface area contributed by atoms with Gasteiger partial charge in [0.25, 0.3) is 0 Å². The van der Waals surface area contributed by atoms with Crippen LogP contribution in [-0.4, -0.2) is 30.7 Å². The van der Waals surface area contributed by atoms with E-state index >= 15 is 0 Å². The molecular formula is C10H24N5+. The average molecular weight is 214 g/mol. The molecule has 0 atom stereocenters. The number of nitrogens with two attached hydrogens (primary N) is 2. The van der Waals surface area contributed by atoms with E-state index in [9.17, 15) is 0 Å². The Morgan fingerprint density at radius 3 is 0.933 bits per heavy atom. The highest BCUT2D eigenvalue weighted by Crippen LogP contribution is 2.03. The summed E-state index contributed by atoms with van der Waals surface area (Å²) in [6, 6.07) is 0. The second-order valence-electron chi connectivity index (χ2n) is 2.86. The van der Waals surface area contributed by atoms with Crippen molar-refractivity contribution in [2.24, 2.45) is 11.5 Å². The predicted molar refractivity (Wildman–Crippen MR) is 62.0 cm³/mol. The quantitative estimate of drug-likeness (QED) is 0.409. The van der Waals surface area contributed by atoms with Gasteiger partial charge in [0.15, 0.2) is 12.4 Å². The van der Waals surface area contributed by atoms with Gasteiger partial charge in [-0.25, -0.2) is 0 Å². The maximum Gasteiger partial charge on any atom is 0.173 e. The minimum absolute atomic E-state index is 1.25. The molecule has 0 saturated heterocycles. The molecular weight excluding hydrogens is 190 g/mol. The van der Waals surface area contributed by atoms with Gasteiger partial charge in [-0.1, -0.05) is 0 Å². The molecule has 0 radical (unpaired) electrons. The Balaban J connectivity index is -0.000000200. The van der Waals surface area contributed by atoms with Crippen LogP contribution in [0.5, 0.6) is 0 Å². The van der Waals surface area contributed by atoms with Crippen LogP contribution in [0.25, 0.3) is 0 Å². The van der Waals surface area contributed by atoms with Gasteiger partial charge < -0.3 is 16.0 Å². The van der Waals surface area contributed by atoms with Gasteiger partial charge in [-0.2, -0.15) is 10.5 Å². The summed E-state index contributed by atoms with van der Waals surface area (Å²) >= 11 is 0. The summed E-state index contributed by atoms with van der Waals surface area (Å²) in [5.74, 6) is 0. The number of hydrogen-bond donors (Lipinski definition) is 2. The number of quaternary nitrogens is 1. The molecule has 0 unspecified atom stereocenters. The first-order valence-corrected chi connectivity index (χ1v) is 5.12.